The van der Waals surface area contributed by atoms with Crippen LogP contribution in [0.4, 0.5) is 0 Å². The molecule has 92 valence electrons. The summed E-state index contributed by atoms with van der Waals surface area (Å²) in [6, 6.07) is 0.0667. The second kappa shape index (κ2) is 6.50. The number of thioether (sulfide) groups is 1. The minimum absolute atomic E-state index is 0.0667. The fourth-order valence-corrected chi connectivity index (χ4v) is 3.60. The highest BCUT2D eigenvalue weighted by Crippen LogP contribution is 2.22. The quantitative estimate of drug-likeness (QED) is 0.786. The van der Waals surface area contributed by atoms with Gasteiger partial charge in [0.15, 0.2) is 0 Å². The second-order valence-electron chi connectivity index (χ2n) is 4.80. The van der Waals surface area contributed by atoms with Gasteiger partial charge in [0.1, 0.15) is 0 Å². The zero-order valence-corrected chi connectivity index (χ0v) is 10.7. The van der Waals surface area contributed by atoms with Gasteiger partial charge in [-0.05, 0) is 56.1 Å². The highest BCUT2D eigenvalue weighted by Gasteiger charge is 2.21. The second-order valence-corrected chi connectivity index (χ2v) is 6.03. The Kier molecular flexibility index (Phi) is 4.97. The molecule has 0 aromatic carbocycles. The van der Waals surface area contributed by atoms with E-state index in [2.05, 4.69) is 22.4 Å². The van der Waals surface area contributed by atoms with Gasteiger partial charge in [0.05, 0.1) is 6.04 Å². The number of amides is 1. The Morgan fingerprint density at radius 1 is 1.25 bits per heavy atom. The molecule has 4 heteroatoms. The minimum Gasteiger partial charge on any atom is -0.355 e. The van der Waals surface area contributed by atoms with Crippen molar-refractivity contribution in [2.75, 3.05) is 24.6 Å². The van der Waals surface area contributed by atoms with Gasteiger partial charge in [-0.15, -0.1) is 0 Å². The lowest BCUT2D eigenvalue weighted by molar-refractivity contribution is -0.122. The first-order valence-corrected chi connectivity index (χ1v) is 7.60. The Morgan fingerprint density at radius 3 is 2.88 bits per heavy atom. The zero-order chi connectivity index (χ0) is 11.2. The normalized spacial score (nSPS) is 28.5. The molecule has 2 fully saturated rings. The molecule has 0 aromatic heterocycles. The van der Waals surface area contributed by atoms with Crippen LogP contribution in [0.25, 0.3) is 0 Å². The molecule has 2 aliphatic rings. The SMILES string of the molecule is O=C1NCCCCC1NCC1CCSCC1. The third-order valence-corrected chi connectivity index (χ3v) is 4.58. The lowest BCUT2D eigenvalue weighted by atomic mass is 10.0. The van der Waals surface area contributed by atoms with E-state index in [0.29, 0.717) is 0 Å². The molecule has 0 radical (unpaired) electrons. The molecule has 0 saturated carbocycles. The summed E-state index contributed by atoms with van der Waals surface area (Å²) < 4.78 is 0. The Hall–Kier alpha value is -0.220. The van der Waals surface area contributed by atoms with Crippen molar-refractivity contribution in [2.45, 2.75) is 38.1 Å². The number of hydrogen-bond donors (Lipinski definition) is 2. The van der Waals surface area contributed by atoms with Crippen LogP contribution in [0, 0.1) is 5.92 Å². The fraction of sp³-hybridized carbons (Fsp3) is 0.917. The average Bonchev–Trinajstić information content (AvgIpc) is 2.53. The Morgan fingerprint density at radius 2 is 2.06 bits per heavy atom. The Labute approximate surface area is 102 Å². The molecule has 0 aliphatic carbocycles. The summed E-state index contributed by atoms with van der Waals surface area (Å²) in [6.45, 7) is 1.88. The topological polar surface area (TPSA) is 41.1 Å². The van der Waals surface area contributed by atoms with Crippen molar-refractivity contribution in [1.29, 1.82) is 0 Å². The third-order valence-electron chi connectivity index (χ3n) is 3.53. The molecule has 2 aliphatic heterocycles. The van der Waals surface area contributed by atoms with Crippen LogP contribution in [0.2, 0.25) is 0 Å². The number of carbonyl (C=O) groups is 1. The van der Waals surface area contributed by atoms with E-state index in [0.717, 1.165) is 38.3 Å². The number of nitrogens with one attached hydrogen (secondary N) is 2. The van der Waals surface area contributed by atoms with Gasteiger partial charge >= 0.3 is 0 Å². The van der Waals surface area contributed by atoms with E-state index in [1.807, 2.05) is 0 Å². The Bertz CT molecular complexity index is 229. The van der Waals surface area contributed by atoms with Gasteiger partial charge < -0.3 is 10.6 Å². The molecule has 2 saturated heterocycles. The van der Waals surface area contributed by atoms with Crippen molar-refractivity contribution >= 4 is 17.7 Å². The minimum atomic E-state index is 0.0667. The fourth-order valence-electron chi connectivity index (χ4n) is 2.39. The summed E-state index contributed by atoms with van der Waals surface area (Å²) in [7, 11) is 0. The van der Waals surface area contributed by atoms with Gasteiger partial charge in [0, 0.05) is 6.54 Å². The van der Waals surface area contributed by atoms with Gasteiger partial charge in [-0.25, -0.2) is 0 Å². The van der Waals surface area contributed by atoms with E-state index < -0.39 is 0 Å². The molecule has 0 bridgehead atoms. The average molecular weight is 242 g/mol. The first-order valence-electron chi connectivity index (χ1n) is 6.45. The molecular formula is C12H22N2OS. The predicted molar refractivity (Wildman–Crippen MR) is 68.7 cm³/mol. The number of carbonyl (C=O) groups excluding carboxylic acids is 1. The van der Waals surface area contributed by atoms with E-state index in [4.69, 9.17) is 0 Å². The van der Waals surface area contributed by atoms with Crippen molar-refractivity contribution < 1.29 is 4.79 Å². The smallest absolute Gasteiger partial charge is 0.237 e. The lowest BCUT2D eigenvalue weighted by Gasteiger charge is -2.24. The van der Waals surface area contributed by atoms with E-state index in [-0.39, 0.29) is 11.9 Å². The van der Waals surface area contributed by atoms with Gasteiger partial charge in [0.25, 0.3) is 0 Å². The van der Waals surface area contributed by atoms with Crippen LogP contribution in [-0.4, -0.2) is 36.5 Å². The first kappa shape index (κ1) is 12.2. The predicted octanol–water partition coefficient (Wildman–Crippen LogP) is 1.39. The number of rotatable bonds is 3. The summed E-state index contributed by atoms with van der Waals surface area (Å²) >= 11 is 2.06. The first-order chi connectivity index (χ1) is 7.86. The molecule has 2 N–H and O–H groups in total. The largest absolute Gasteiger partial charge is 0.355 e. The van der Waals surface area contributed by atoms with Crippen molar-refractivity contribution in [3.05, 3.63) is 0 Å². The highest BCUT2D eigenvalue weighted by molar-refractivity contribution is 7.99. The standard InChI is InChI=1S/C12H22N2OS/c15-12-11(3-1-2-6-13-12)14-9-10-4-7-16-8-5-10/h10-11,14H,1-9H2,(H,13,15). The maximum atomic E-state index is 11.7. The molecule has 3 nitrogen and oxygen atoms in total. The molecule has 2 rings (SSSR count). The van der Waals surface area contributed by atoms with Crippen molar-refractivity contribution in [3.63, 3.8) is 0 Å². The van der Waals surface area contributed by atoms with E-state index in [1.54, 1.807) is 0 Å². The summed E-state index contributed by atoms with van der Waals surface area (Å²) in [6.07, 6.45) is 5.92. The van der Waals surface area contributed by atoms with E-state index in [1.165, 1.54) is 24.3 Å². The third kappa shape index (κ3) is 3.67. The van der Waals surface area contributed by atoms with Gasteiger partial charge in [-0.3, -0.25) is 4.79 Å². The zero-order valence-electron chi connectivity index (χ0n) is 9.84. The summed E-state index contributed by atoms with van der Waals surface area (Å²) in [4.78, 5) is 11.7. The van der Waals surface area contributed by atoms with Gasteiger partial charge in [0.2, 0.25) is 5.91 Å². The summed E-state index contributed by atoms with van der Waals surface area (Å²) in [5, 5.41) is 6.44. The Balaban J connectivity index is 1.72. The summed E-state index contributed by atoms with van der Waals surface area (Å²) in [5.41, 5.74) is 0. The van der Waals surface area contributed by atoms with Crippen LogP contribution in [0.1, 0.15) is 32.1 Å². The highest BCUT2D eigenvalue weighted by atomic mass is 32.2. The number of hydrogen-bond acceptors (Lipinski definition) is 3. The maximum Gasteiger partial charge on any atom is 0.237 e. The van der Waals surface area contributed by atoms with Crippen LogP contribution in [0.3, 0.4) is 0 Å². The molecule has 1 amide bonds. The molecule has 0 spiro atoms. The molecule has 2 heterocycles. The maximum absolute atomic E-state index is 11.7. The van der Waals surface area contributed by atoms with Crippen LogP contribution in [0.15, 0.2) is 0 Å². The van der Waals surface area contributed by atoms with Crippen LogP contribution < -0.4 is 10.6 Å². The van der Waals surface area contributed by atoms with Crippen molar-refractivity contribution in [3.8, 4) is 0 Å². The molecule has 0 aromatic rings. The molecule has 1 unspecified atom stereocenters. The van der Waals surface area contributed by atoms with E-state index in [9.17, 15) is 4.79 Å². The molecular weight excluding hydrogens is 220 g/mol. The van der Waals surface area contributed by atoms with E-state index >= 15 is 0 Å². The molecule has 1 atom stereocenters. The summed E-state index contributed by atoms with van der Waals surface area (Å²) in [5.74, 6) is 3.59. The van der Waals surface area contributed by atoms with Gasteiger partial charge in [-0.1, -0.05) is 0 Å². The van der Waals surface area contributed by atoms with Crippen LogP contribution >= 0.6 is 11.8 Å². The lowest BCUT2D eigenvalue weighted by Crippen LogP contribution is -2.44. The van der Waals surface area contributed by atoms with Crippen molar-refractivity contribution in [1.82, 2.24) is 10.6 Å². The van der Waals surface area contributed by atoms with Crippen LogP contribution in [-0.2, 0) is 4.79 Å². The van der Waals surface area contributed by atoms with Gasteiger partial charge in [-0.2, -0.15) is 11.8 Å². The molecule has 16 heavy (non-hydrogen) atoms. The van der Waals surface area contributed by atoms with Crippen LogP contribution in [0.5, 0.6) is 0 Å². The van der Waals surface area contributed by atoms with Crippen molar-refractivity contribution in [2.24, 2.45) is 5.92 Å². The monoisotopic (exact) mass is 242 g/mol.